The van der Waals surface area contributed by atoms with Crippen molar-refractivity contribution >= 4 is 0 Å². The molecule has 0 saturated heterocycles. The average molecular weight is 239 g/mol. The number of hydrogen-bond donors (Lipinski definition) is 0. The quantitative estimate of drug-likeness (QED) is 0.507. The lowest BCUT2D eigenvalue weighted by Crippen LogP contribution is -2.29. The van der Waals surface area contributed by atoms with Crippen LogP contribution in [0, 0.1) is 5.21 Å². The monoisotopic (exact) mass is 239 g/mol. The Hall–Kier alpha value is -2.69. The predicted molar refractivity (Wildman–Crippen MR) is 64.1 cm³/mol. The van der Waals surface area contributed by atoms with Gasteiger partial charge in [-0.1, -0.05) is 18.2 Å². The molecule has 5 nitrogen and oxygen atoms in total. The lowest BCUT2D eigenvalue weighted by atomic mass is 10.2. The zero-order valence-electron chi connectivity index (χ0n) is 9.35. The Balaban J connectivity index is 2.09. The Kier molecular flexibility index (Phi) is 2.49. The Morgan fingerprint density at radius 2 is 1.78 bits per heavy atom. The van der Waals surface area contributed by atoms with E-state index >= 15 is 0 Å². The minimum absolute atomic E-state index is 0.141. The zero-order chi connectivity index (χ0) is 12.4. The maximum absolute atomic E-state index is 12.1. The van der Waals surface area contributed by atoms with E-state index in [4.69, 9.17) is 4.52 Å². The zero-order valence-corrected chi connectivity index (χ0v) is 9.35. The Morgan fingerprint density at radius 3 is 2.50 bits per heavy atom. The van der Waals surface area contributed by atoms with E-state index in [1.165, 1.54) is 0 Å². The van der Waals surface area contributed by atoms with E-state index in [1.807, 2.05) is 18.2 Å². The van der Waals surface area contributed by atoms with Crippen LogP contribution < -0.4 is 4.73 Å². The summed E-state index contributed by atoms with van der Waals surface area (Å²) >= 11 is 0. The fourth-order valence-electron chi connectivity index (χ4n) is 1.67. The topological polar surface area (TPSA) is 65.9 Å². The summed E-state index contributed by atoms with van der Waals surface area (Å²) in [5.41, 5.74) is 1.31. The SMILES string of the molecule is [O-][n+]1c(-c2ccccc2)noc1-c1cccnc1. The van der Waals surface area contributed by atoms with Crippen LogP contribution >= 0.6 is 0 Å². The largest absolute Gasteiger partial charge is 0.708 e. The van der Waals surface area contributed by atoms with Crippen molar-refractivity contribution in [2.75, 3.05) is 0 Å². The first kappa shape index (κ1) is 10.5. The van der Waals surface area contributed by atoms with E-state index in [0.29, 0.717) is 15.9 Å². The van der Waals surface area contributed by atoms with Gasteiger partial charge in [-0.3, -0.25) is 4.98 Å². The number of pyridine rings is 1. The van der Waals surface area contributed by atoms with Crippen LogP contribution in [0.5, 0.6) is 0 Å². The number of hydrogen-bond acceptors (Lipinski definition) is 4. The van der Waals surface area contributed by atoms with Gasteiger partial charge in [0.25, 0.3) is 0 Å². The van der Waals surface area contributed by atoms with E-state index in [0.717, 1.165) is 0 Å². The predicted octanol–water partition coefficient (Wildman–Crippen LogP) is 2.04. The number of benzene rings is 1. The first-order valence-electron chi connectivity index (χ1n) is 5.41. The molecule has 18 heavy (non-hydrogen) atoms. The van der Waals surface area contributed by atoms with E-state index in [1.54, 1.807) is 36.7 Å². The summed E-state index contributed by atoms with van der Waals surface area (Å²) in [5.74, 6) is 0.386. The molecule has 0 atom stereocenters. The molecule has 0 saturated carbocycles. The van der Waals surface area contributed by atoms with Gasteiger partial charge in [0.1, 0.15) is 0 Å². The fourth-order valence-corrected chi connectivity index (χ4v) is 1.67. The van der Waals surface area contributed by atoms with Crippen molar-refractivity contribution in [1.82, 2.24) is 10.1 Å². The smallest absolute Gasteiger partial charge is 0.383 e. The Morgan fingerprint density at radius 1 is 1.00 bits per heavy atom. The van der Waals surface area contributed by atoms with Crippen molar-refractivity contribution in [1.29, 1.82) is 0 Å². The molecule has 0 aliphatic carbocycles. The van der Waals surface area contributed by atoms with Crippen molar-refractivity contribution < 1.29 is 9.25 Å². The first-order chi connectivity index (χ1) is 8.86. The molecule has 0 fully saturated rings. The molecular weight excluding hydrogens is 230 g/mol. The van der Waals surface area contributed by atoms with Gasteiger partial charge in [-0.15, -0.1) is 0 Å². The number of nitrogens with zero attached hydrogens (tertiary/aromatic N) is 3. The van der Waals surface area contributed by atoms with Crippen LogP contribution in [0.15, 0.2) is 59.4 Å². The van der Waals surface area contributed by atoms with Gasteiger partial charge in [-0.25, -0.2) is 4.52 Å². The summed E-state index contributed by atoms with van der Waals surface area (Å²) in [4.78, 5) is 3.94. The summed E-state index contributed by atoms with van der Waals surface area (Å²) in [6.45, 7) is 0. The van der Waals surface area contributed by atoms with E-state index in [9.17, 15) is 5.21 Å². The van der Waals surface area contributed by atoms with Crippen molar-refractivity contribution in [3.63, 3.8) is 0 Å². The third kappa shape index (κ3) is 1.71. The van der Waals surface area contributed by atoms with Gasteiger partial charge in [0.05, 0.1) is 11.1 Å². The second kappa shape index (κ2) is 4.29. The second-order valence-electron chi connectivity index (χ2n) is 3.71. The van der Waals surface area contributed by atoms with Crippen LogP contribution in [0.3, 0.4) is 0 Å². The van der Waals surface area contributed by atoms with Crippen LogP contribution in [0.25, 0.3) is 22.8 Å². The fraction of sp³-hybridized carbons (Fsp3) is 0. The molecule has 0 radical (unpaired) electrons. The van der Waals surface area contributed by atoms with Crippen LogP contribution in [0.2, 0.25) is 0 Å². The molecule has 0 bridgehead atoms. The van der Waals surface area contributed by atoms with Gasteiger partial charge in [0, 0.05) is 12.4 Å². The van der Waals surface area contributed by atoms with Crippen LogP contribution in [0.4, 0.5) is 0 Å². The Bertz CT molecular complexity index is 594. The molecule has 0 aliphatic rings. The van der Waals surface area contributed by atoms with Gasteiger partial charge in [0.15, 0.2) is 5.16 Å². The minimum Gasteiger partial charge on any atom is -0.708 e. The minimum atomic E-state index is 0.141. The summed E-state index contributed by atoms with van der Waals surface area (Å²) in [5, 5.41) is 15.9. The average Bonchev–Trinajstić information content (AvgIpc) is 2.83. The molecule has 0 amide bonds. The molecule has 0 unspecified atom stereocenters. The molecule has 1 aromatic carbocycles. The molecule has 2 aromatic heterocycles. The van der Waals surface area contributed by atoms with Crippen LogP contribution in [0.1, 0.15) is 0 Å². The highest BCUT2D eigenvalue weighted by Gasteiger charge is 2.22. The van der Waals surface area contributed by atoms with Crippen LogP contribution in [-0.4, -0.2) is 10.1 Å². The third-order valence-corrected chi connectivity index (χ3v) is 2.54. The summed E-state index contributed by atoms with van der Waals surface area (Å²) in [6.07, 6.45) is 3.19. The maximum atomic E-state index is 12.1. The van der Waals surface area contributed by atoms with Gasteiger partial charge < -0.3 is 5.21 Å². The second-order valence-corrected chi connectivity index (χ2v) is 3.71. The van der Waals surface area contributed by atoms with Gasteiger partial charge in [0.2, 0.25) is 0 Å². The molecule has 0 spiro atoms. The summed E-state index contributed by atoms with van der Waals surface area (Å²) in [6, 6.07) is 12.7. The molecular formula is C13H9N3O2. The molecule has 3 aromatic rings. The molecule has 0 N–H and O–H groups in total. The molecule has 5 heteroatoms. The van der Waals surface area contributed by atoms with E-state index in [2.05, 4.69) is 10.1 Å². The lowest BCUT2D eigenvalue weighted by molar-refractivity contribution is -0.585. The molecule has 0 aliphatic heterocycles. The third-order valence-electron chi connectivity index (χ3n) is 2.54. The Labute approximate surface area is 103 Å². The van der Waals surface area contributed by atoms with Crippen LogP contribution in [-0.2, 0) is 0 Å². The van der Waals surface area contributed by atoms with Gasteiger partial charge in [-0.2, -0.15) is 4.73 Å². The highest BCUT2D eigenvalue weighted by atomic mass is 16.5. The highest BCUT2D eigenvalue weighted by Crippen LogP contribution is 2.18. The first-order valence-corrected chi connectivity index (χ1v) is 5.41. The van der Waals surface area contributed by atoms with Crippen molar-refractivity contribution in [3.8, 4) is 22.8 Å². The van der Waals surface area contributed by atoms with E-state index < -0.39 is 0 Å². The van der Waals surface area contributed by atoms with Crippen molar-refractivity contribution in [2.45, 2.75) is 0 Å². The highest BCUT2D eigenvalue weighted by molar-refractivity contribution is 5.54. The number of aromatic nitrogens is 3. The van der Waals surface area contributed by atoms with Crippen molar-refractivity contribution in [3.05, 3.63) is 60.1 Å². The summed E-state index contributed by atoms with van der Waals surface area (Å²) in [7, 11) is 0. The number of rotatable bonds is 2. The summed E-state index contributed by atoms with van der Waals surface area (Å²) < 4.78 is 5.77. The normalized spacial score (nSPS) is 10.4. The van der Waals surface area contributed by atoms with Crippen molar-refractivity contribution in [2.24, 2.45) is 0 Å². The molecule has 2 heterocycles. The van der Waals surface area contributed by atoms with Gasteiger partial charge >= 0.3 is 11.7 Å². The lowest BCUT2D eigenvalue weighted by Gasteiger charge is -2.01. The van der Waals surface area contributed by atoms with Gasteiger partial charge in [-0.05, 0) is 24.3 Å². The maximum Gasteiger partial charge on any atom is 0.383 e. The molecule has 3 rings (SSSR count). The molecule has 88 valence electrons. The standard InChI is InChI=1S/C13H9N3O2/c17-16-12(10-5-2-1-3-6-10)15-18-13(16)11-7-4-8-14-9-11/h1-9H. The van der Waals surface area contributed by atoms with E-state index in [-0.39, 0.29) is 11.7 Å².